The van der Waals surface area contributed by atoms with Crippen LogP contribution in [0.25, 0.3) is 0 Å². The molecular formula is C15H16ClN3. The van der Waals surface area contributed by atoms with Crippen LogP contribution < -0.4 is 0 Å². The van der Waals surface area contributed by atoms with Crippen LogP contribution in [0, 0.1) is 0 Å². The normalized spacial score (nSPS) is 25.5. The van der Waals surface area contributed by atoms with Crippen LogP contribution in [-0.4, -0.2) is 14.8 Å². The topological polar surface area (TPSA) is 30.7 Å². The lowest BCUT2D eigenvalue weighted by Crippen LogP contribution is -2.04. The number of rotatable bonds is 4. The number of hydrogen-bond acceptors (Lipinski definition) is 2. The molecule has 1 heterocycles. The van der Waals surface area contributed by atoms with Crippen LogP contribution in [0.2, 0.25) is 0 Å². The average molecular weight is 274 g/mol. The highest BCUT2D eigenvalue weighted by Gasteiger charge is 2.45. The summed E-state index contributed by atoms with van der Waals surface area (Å²) in [5, 5.41) is 8.68. The Balaban J connectivity index is 1.63. The van der Waals surface area contributed by atoms with Gasteiger partial charge < -0.3 is 4.57 Å². The van der Waals surface area contributed by atoms with Crippen LogP contribution >= 0.6 is 11.6 Å². The quantitative estimate of drug-likeness (QED) is 0.797. The van der Waals surface area contributed by atoms with Crippen LogP contribution in [0.15, 0.2) is 30.3 Å². The second-order valence-electron chi connectivity index (χ2n) is 5.57. The Hall–Kier alpha value is -1.35. The fourth-order valence-corrected chi connectivity index (χ4v) is 3.14. The molecule has 3 nitrogen and oxygen atoms in total. The van der Waals surface area contributed by atoms with E-state index in [4.69, 9.17) is 11.6 Å². The molecule has 2 saturated carbocycles. The van der Waals surface area contributed by atoms with Crippen molar-refractivity contribution in [2.45, 2.75) is 43.0 Å². The molecule has 1 aromatic carbocycles. The van der Waals surface area contributed by atoms with Gasteiger partial charge in [-0.05, 0) is 30.7 Å². The van der Waals surface area contributed by atoms with Gasteiger partial charge in [0.1, 0.15) is 11.6 Å². The molecule has 0 saturated heterocycles. The van der Waals surface area contributed by atoms with E-state index in [1.165, 1.54) is 24.8 Å². The maximum absolute atomic E-state index is 5.97. The van der Waals surface area contributed by atoms with Crippen LogP contribution in [-0.2, 0) is 5.88 Å². The summed E-state index contributed by atoms with van der Waals surface area (Å²) in [4.78, 5) is 0. The van der Waals surface area contributed by atoms with Crippen molar-refractivity contribution in [3.63, 3.8) is 0 Å². The molecule has 2 unspecified atom stereocenters. The molecule has 0 radical (unpaired) electrons. The monoisotopic (exact) mass is 273 g/mol. The molecule has 0 amide bonds. The van der Waals surface area contributed by atoms with Crippen molar-refractivity contribution >= 4 is 11.6 Å². The van der Waals surface area contributed by atoms with Crippen molar-refractivity contribution in [3.05, 3.63) is 47.5 Å². The van der Waals surface area contributed by atoms with Gasteiger partial charge in [-0.1, -0.05) is 30.3 Å². The lowest BCUT2D eigenvalue weighted by Gasteiger charge is -2.07. The molecule has 98 valence electrons. The molecule has 0 N–H and O–H groups in total. The largest absolute Gasteiger partial charge is 0.311 e. The van der Waals surface area contributed by atoms with Gasteiger partial charge in [-0.25, -0.2) is 0 Å². The Morgan fingerprint density at radius 1 is 1.11 bits per heavy atom. The van der Waals surface area contributed by atoms with E-state index >= 15 is 0 Å². The highest BCUT2D eigenvalue weighted by molar-refractivity contribution is 6.16. The third-order valence-corrected chi connectivity index (χ3v) is 4.41. The second kappa shape index (κ2) is 4.34. The Morgan fingerprint density at radius 3 is 2.58 bits per heavy atom. The molecule has 2 aliphatic carbocycles. The number of nitrogens with zero attached hydrogens (tertiary/aromatic N) is 3. The molecular weight excluding hydrogens is 258 g/mol. The summed E-state index contributed by atoms with van der Waals surface area (Å²) in [7, 11) is 0. The summed E-state index contributed by atoms with van der Waals surface area (Å²) >= 11 is 5.97. The molecule has 19 heavy (non-hydrogen) atoms. The first-order valence-electron chi connectivity index (χ1n) is 6.93. The minimum Gasteiger partial charge on any atom is -0.311 e. The SMILES string of the molecule is ClCc1nnc(C2CC2c2ccccc2)n1C1CC1. The van der Waals surface area contributed by atoms with Crippen LogP contribution in [0.4, 0.5) is 0 Å². The van der Waals surface area contributed by atoms with Gasteiger partial charge in [-0.3, -0.25) is 0 Å². The van der Waals surface area contributed by atoms with E-state index < -0.39 is 0 Å². The first-order chi connectivity index (χ1) is 9.38. The smallest absolute Gasteiger partial charge is 0.148 e. The highest BCUT2D eigenvalue weighted by atomic mass is 35.5. The molecule has 2 aromatic rings. The standard InChI is InChI=1S/C15H16ClN3/c16-9-14-17-18-15(19(14)11-6-7-11)13-8-12(13)10-4-2-1-3-5-10/h1-5,11-13H,6-9H2. The molecule has 2 fully saturated rings. The maximum Gasteiger partial charge on any atom is 0.148 e. The fourth-order valence-electron chi connectivity index (χ4n) is 2.96. The lowest BCUT2D eigenvalue weighted by molar-refractivity contribution is 0.656. The van der Waals surface area contributed by atoms with Crippen molar-refractivity contribution < 1.29 is 0 Å². The van der Waals surface area contributed by atoms with Crippen molar-refractivity contribution in [1.29, 1.82) is 0 Å². The van der Waals surface area contributed by atoms with Gasteiger partial charge in [-0.2, -0.15) is 0 Å². The van der Waals surface area contributed by atoms with Gasteiger partial charge in [0.05, 0.1) is 5.88 Å². The zero-order chi connectivity index (χ0) is 12.8. The maximum atomic E-state index is 5.97. The second-order valence-corrected chi connectivity index (χ2v) is 5.84. The van der Waals surface area contributed by atoms with Crippen molar-refractivity contribution in [1.82, 2.24) is 14.8 Å². The number of halogens is 1. The summed E-state index contributed by atoms with van der Waals surface area (Å²) in [6.07, 6.45) is 3.69. The molecule has 0 aliphatic heterocycles. The van der Waals surface area contributed by atoms with Gasteiger partial charge >= 0.3 is 0 Å². The zero-order valence-electron chi connectivity index (χ0n) is 10.7. The summed E-state index contributed by atoms with van der Waals surface area (Å²) in [6.45, 7) is 0. The van der Waals surface area contributed by atoms with Gasteiger partial charge in [0.2, 0.25) is 0 Å². The minimum atomic E-state index is 0.465. The molecule has 2 atom stereocenters. The van der Waals surface area contributed by atoms with Crippen LogP contribution in [0.5, 0.6) is 0 Å². The van der Waals surface area contributed by atoms with Crippen LogP contribution in [0.3, 0.4) is 0 Å². The lowest BCUT2D eigenvalue weighted by atomic mass is 10.1. The molecule has 0 spiro atoms. The van der Waals surface area contributed by atoms with E-state index in [-0.39, 0.29) is 0 Å². The first-order valence-corrected chi connectivity index (χ1v) is 7.46. The van der Waals surface area contributed by atoms with Gasteiger partial charge in [0, 0.05) is 12.0 Å². The Kier molecular flexibility index (Phi) is 2.62. The zero-order valence-corrected chi connectivity index (χ0v) is 11.4. The molecule has 0 bridgehead atoms. The van der Waals surface area contributed by atoms with E-state index in [1.54, 1.807) is 0 Å². The van der Waals surface area contributed by atoms with Gasteiger partial charge in [-0.15, -0.1) is 21.8 Å². The third-order valence-electron chi connectivity index (χ3n) is 4.17. The fraction of sp³-hybridized carbons (Fsp3) is 0.467. The van der Waals surface area contributed by atoms with E-state index in [1.807, 2.05) is 0 Å². The van der Waals surface area contributed by atoms with E-state index in [9.17, 15) is 0 Å². The average Bonchev–Trinajstić information content (AvgIpc) is 3.38. The van der Waals surface area contributed by atoms with E-state index in [0.29, 0.717) is 23.8 Å². The Labute approximate surface area is 117 Å². The predicted octanol–water partition coefficient (Wildman–Crippen LogP) is 3.62. The van der Waals surface area contributed by atoms with Gasteiger partial charge in [0.15, 0.2) is 0 Å². The Bertz CT molecular complexity index is 589. The molecule has 2 aliphatic rings. The number of hydrogen-bond donors (Lipinski definition) is 0. The number of alkyl halides is 1. The molecule has 4 rings (SSSR count). The van der Waals surface area contributed by atoms with E-state index in [2.05, 4.69) is 45.1 Å². The van der Waals surface area contributed by atoms with Crippen molar-refractivity contribution in [2.24, 2.45) is 0 Å². The van der Waals surface area contributed by atoms with Crippen LogP contribution in [0.1, 0.15) is 54.4 Å². The summed E-state index contributed by atoms with van der Waals surface area (Å²) < 4.78 is 2.31. The summed E-state index contributed by atoms with van der Waals surface area (Å²) in [5.74, 6) is 3.72. The predicted molar refractivity (Wildman–Crippen MR) is 74.4 cm³/mol. The van der Waals surface area contributed by atoms with E-state index in [0.717, 1.165) is 11.6 Å². The summed E-state index contributed by atoms with van der Waals surface area (Å²) in [6, 6.07) is 11.3. The van der Waals surface area contributed by atoms with Gasteiger partial charge in [0.25, 0.3) is 0 Å². The molecule has 4 heteroatoms. The van der Waals surface area contributed by atoms with Crippen molar-refractivity contribution in [3.8, 4) is 0 Å². The minimum absolute atomic E-state index is 0.465. The van der Waals surface area contributed by atoms with Crippen molar-refractivity contribution in [2.75, 3.05) is 0 Å². The first kappa shape index (κ1) is 11.5. The highest BCUT2D eigenvalue weighted by Crippen LogP contribution is 2.55. The Morgan fingerprint density at radius 2 is 1.89 bits per heavy atom. The third kappa shape index (κ3) is 1.96. The summed E-state index contributed by atoms with van der Waals surface area (Å²) in [5.41, 5.74) is 1.42. The number of benzene rings is 1. The number of aromatic nitrogens is 3. The molecule has 1 aromatic heterocycles.